The van der Waals surface area contributed by atoms with Gasteiger partial charge in [0.2, 0.25) is 0 Å². The first kappa shape index (κ1) is 18.0. The van der Waals surface area contributed by atoms with Gasteiger partial charge in [-0.2, -0.15) is 0 Å². The van der Waals surface area contributed by atoms with E-state index >= 15 is 0 Å². The number of hydrogen-bond donors (Lipinski definition) is 0. The summed E-state index contributed by atoms with van der Waals surface area (Å²) in [7, 11) is -2.17. The molecule has 6 heteroatoms. The number of hydrogen-bond acceptors (Lipinski definition) is 3. The smallest absolute Gasteiger partial charge is 0.265 e. The number of halogens is 1. The van der Waals surface area contributed by atoms with Crippen molar-refractivity contribution >= 4 is 37.2 Å². The van der Waals surface area contributed by atoms with Crippen LogP contribution in [0.1, 0.15) is 26.3 Å². The lowest BCUT2D eigenvalue weighted by Gasteiger charge is -2.42. The number of sulfonamides is 1. The van der Waals surface area contributed by atoms with Gasteiger partial charge in [0.05, 0.1) is 23.2 Å². The molecule has 1 heterocycles. The van der Waals surface area contributed by atoms with Crippen LogP contribution >= 0.6 is 15.9 Å². The minimum Gasteiger partial charge on any atom is -0.497 e. The van der Waals surface area contributed by atoms with Crippen LogP contribution in [0.3, 0.4) is 0 Å². The van der Waals surface area contributed by atoms with Gasteiger partial charge in [-0.25, -0.2) is 8.42 Å². The quantitative estimate of drug-likeness (QED) is 0.711. The maximum absolute atomic E-state index is 13.4. The molecule has 0 saturated heterocycles. The van der Waals surface area contributed by atoms with Crippen LogP contribution in [-0.4, -0.2) is 21.1 Å². The van der Waals surface area contributed by atoms with Crippen molar-refractivity contribution in [3.8, 4) is 5.75 Å². The number of benzene rings is 2. The van der Waals surface area contributed by atoms with Crippen LogP contribution in [0.2, 0.25) is 0 Å². The second kappa shape index (κ2) is 6.18. The lowest BCUT2D eigenvalue weighted by Crippen LogP contribution is -2.48. The van der Waals surface area contributed by atoms with Gasteiger partial charge >= 0.3 is 0 Å². The lowest BCUT2D eigenvalue weighted by molar-refractivity contribution is 0.414. The predicted molar refractivity (Wildman–Crippen MR) is 105 cm³/mol. The molecular weight excluding hydrogens is 402 g/mol. The number of fused-ring (bicyclic) bond motifs is 1. The zero-order chi connectivity index (χ0) is 18.4. The fourth-order valence-corrected chi connectivity index (χ4v) is 5.41. The zero-order valence-electron chi connectivity index (χ0n) is 14.6. The number of methoxy groups -OCH3 is 1. The summed E-state index contributed by atoms with van der Waals surface area (Å²) in [4.78, 5) is 0.239. The van der Waals surface area contributed by atoms with Crippen molar-refractivity contribution in [2.45, 2.75) is 31.2 Å². The fourth-order valence-electron chi connectivity index (χ4n) is 3.27. The van der Waals surface area contributed by atoms with Gasteiger partial charge in [-0.05, 0) is 68.8 Å². The van der Waals surface area contributed by atoms with Crippen molar-refractivity contribution in [1.82, 2.24) is 0 Å². The highest BCUT2D eigenvalue weighted by Gasteiger charge is 2.40. The van der Waals surface area contributed by atoms with Gasteiger partial charge in [0.25, 0.3) is 10.0 Å². The van der Waals surface area contributed by atoms with Crippen LogP contribution in [0.15, 0.2) is 57.9 Å². The fraction of sp³-hybridized carbons (Fsp3) is 0.263. The van der Waals surface area contributed by atoms with Crippen molar-refractivity contribution in [3.05, 3.63) is 58.6 Å². The first-order chi connectivity index (χ1) is 11.7. The van der Waals surface area contributed by atoms with E-state index in [2.05, 4.69) is 15.9 Å². The van der Waals surface area contributed by atoms with Crippen LogP contribution in [0.25, 0.3) is 5.57 Å². The van der Waals surface area contributed by atoms with E-state index in [0.717, 1.165) is 15.6 Å². The molecule has 0 unspecified atom stereocenters. The summed E-state index contributed by atoms with van der Waals surface area (Å²) < 4.78 is 34.3. The lowest BCUT2D eigenvalue weighted by atomic mass is 9.91. The number of anilines is 1. The number of nitrogens with zero attached hydrogens (tertiary/aromatic N) is 1. The second-order valence-electron chi connectivity index (χ2n) is 6.59. The third-order valence-electron chi connectivity index (χ3n) is 4.29. The van der Waals surface area contributed by atoms with Crippen molar-refractivity contribution in [1.29, 1.82) is 0 Å². The van der Waals surface area contributed by atoms with Crippen LogP contribution in [0.4, 0.5) is 5.69 Å². The molecule has 132 valence electrons. The molecule has 1 aliphatic heterocycles. The SMILES string of the molecule is COc1ccc(S(=O)(=O)N2c3ccc(Br)cc3C(C)=CC2(C)C)cc1. The molecule has 0 N–H and O–H groups in total. The standard InChI is InChI=1S/C19H20BrNO3S/c1-13-12-19(2,3)21(18-10-5-14(20)11-17(13)18)25(22,23)16-8-6-15(24-4)7-9-16/h5-12H,1-4H3. The molecule has 0 saturated carbocycles. The Morgan fingerprint density at radius 3 is 2.32 bits per heavy atom. The van der Waals surface area contributed by atoms with Gasteiger partial charge in [-0.15, -0.1) is 0 Å². The van der Waals surface area contributed by atoms with E-state index in [9.17, 15) is 8.42 Å². The number of allylic oxidation sites excluding steroid dienone is 1. The predicted octanol–water partition coefficient (Wildman–Crippen LogP) is 4.85. The third-order valence-corrected chi connectivity index (χ3v) is 6.80. The molecule has 0 amide bonds. The van der Waals surface area contributed by atoms with Gasteiger partial charge < -0.3 is 4.74 Å². The molecule has 1 aliphatic rings. The summed E-state index contributed by atoms with van der Waals surface area (Å²) in [5.41, 5.74) is 1.97. The molecular formula is C19H20BrNO3S. The van der Waals surface area contributed by atoms with Crippen LogP contribution in [0, 0.1) is 0 Å². The Morgan fingerprint density at radius 2 is 1.72 bits per heavy atom. The summed E-state index contributed by atoms with van der Waals surface area (Å²) in [5.74, 6) is 0.622. The normalized spacial score (nSPS) is 16.2. The zero-order valence-corrected chi connectivity index (χ0v) is 17.0. The molecule has 4 nitrogen and oxygen atoms in total. The molecule has 0 spiro atoms. The molecule has 0 bridgehead atoms. The topological polar surface area (TPSA) is 46.6 Å². The van der Waals surface area contributed by atoms with E-state index in [4.69, 9.17) is 4.74 Å². The van der Waals surface area contributed by atoms with Crippen molar-refractivity contribution in [2.75, 3.05) is 11.4 Å². The third kappa shape index (κ3) is 3.09. The Kier molecular flexibility index (Phi) is 4.45. The number of rotatable bonds is 3. The molecule has 25 heavy (non-hydrogen) atoms. The Bertz CT molecular complexity index is 947. The molecule has 0 aromatic heterocycles. The molecule has 0 fully saturated rings. The maximum Gasteiger partial charge on any atom is 0.265 e. The summed E-state index contributed by atoms with van der Waals surface area (Å²) in [6.07, 6.45) is 1.99. The van der Waals surface area contributed by atoms with E-state index in [1.807, 2.05) is 45.0 Å². The molecule has 0 aliphatic carbocycles. The van der Waals surface area contributed by atoms with Gasteiger partial charge in [0.15, 0.2) is 0 Å². The van der Waals surface area contributed by atoms with Crippen molar-refractivity contribution < 1.29 is 13.2 Å². The first-order valence-corrected chi connectivity index (χ1v) is 10.1. The Balaban J connectivity index is 2.20. The number of ether oxygens (including phenoxy) is 1. The maximum atomic E-state index is 13.4. The Hall–Kier alpha value is -1.79. The average Bonchev–Trinajstić information content (AvgIpc) is 2.54. The van der Waals surface area contributed by atoms with Gasteiger partial charge in [-0.1, -0.05) is 22.0 Å². The van der Waals surface area contributed by atoms with Crippen molar-refractivity contribution in [2.24, 2.45) is 0 Å². The minimum absolute atomic E-state index is 0.239. The Labute approximate surface area is 157 Å². The molecule has 2 aromatic rings. The average molecular weight is 422 g/mol. The van der Waals surface area contributed by atoms with E-state index in [1.165, 1.54) is 4.31 Å². The van der Waals surface area contributed by atoms with Gasteiger partial charge in [0, 0.05) is 10.0 Å². The van der Waals surface area contributed by atoms with E-state index in [-0.39, 0.29) is 4.90 Å². The first-order valence-electron chi connectivity index (χ1n) is 7.86. The summed E-state index contributed by atoms with van der Waals surface area (Å²) in [6.45, 7) is 5.81. The minimum atomic E-state index is -3.73. The highest BCUT2D eigenvalue weighted by Crippen LogP contribution is 2.43. The molecule has 0 atom stereocenters. The van der Waals surface area contributed by atoms with Crippen LogP contribution < -0.4 is 9.04 Å². The van der Waals surface area contributed by atoms with Gasteiger partial charge in [-0.3, -0.25) is 4.31 Å². The van der Waals surface area contributed by atoms with Gasteiger partial charge in [0.1, 0.15) is 5.75 Å². The highest BCUT2D eigenvalue weighted by molar-refractivity contribution is 9.10. The summed E-state index contributed by atoms with van der Waals surface area (Å²) >= 11 is 3.47. The summed E-state index contributed by atoms with van der Waals surface area (Å²) in [6, 6.07) is 12.1. The van der Waals surface area contributed by atoms with E-state index in [1.54, 1.807) is 31.4 Å². The molecule has 0 radical (unpaired) electrons. The monoisotopic (exact) mass is 421 g/mol. The molecule has 3 rings (SSSR count). The highest BCUT2D eigenvalue weighted by atomic mass is 79.9. The largest absolute Gasteiger partial charge is 0.497 e. The van der Waals surface area contributed by atoms with E-state index in [0.29, 0.717) is 11.4 Å². The molecule has 2 aromatic carbocycles. The van der Waals surface area contributed by atoms with Crippen molar-refractivity contribution in [3.63, 3.8) is 0 Å². The Morgan fingerprint density at radius 1 is 1.08 bits per heavy atom. The second-order valence-corrected chi connectivity index (χ2v) is 9.29. The summed E-state index contributed by atoms with van der Waals surface area (Å²) in [5, 5.41) is 0. The van der Waals surface area contributed by atoms with Crippen LogP contribution in [-0.2, 0) is 10.0 Å². The van der Waals surface area contributed by atoms with Crippen LogP contribution in [0.5, 0.6) is 5.75 Å². The van der Waals surface area contributed by atoms with E-state index < -0.39 is 15.6 Å².